The molecule has 0 N–H and O–H groups in total. The van der Waals surface area contributed by atoms with Crippen LogP contribution in [0.2, 0.25) is 0 Å². The van der Waals surface area contributed by atoms with Gasteiger partial charge in [-0.05, 0) is 24.6 Å². The molecule has 1 aromatic carbocycles. The molecule has 0 saturated carbocycles. The Morgan fingerprint density at radius 3 is 2.53 bits per heavy atom. The van der Waals surface area contributed by atoms with E-state index in [-0.39, 0.29) is 24.5 Å². The zero-order valence-corrected chi connectivity index (χ0v) is 10.5. The molecular formula is C13H15F3O3. The zero-order chi connectivity index (χ0) is 14.3. The molecule has 0 fully saturated rings. The van der Waals surface area contributed by atoms with Gasteiger partial charge in [0.1, 0.15) is 18.6 Å². The van der Waals surface area contributed by atoms with Crippen LogP contribution in [-0.2, 0) is 10.9 Å². The van der Waals surface area contributed by atoms with Gasteiger partial charge >= 0.3 is 6.18 Å². The van der Waals surface area contributed by atoms with Crippen LogP contribution in [0.1, 0.15) is 29.3 Å². The molecule has 0 saturated heterocycles. The van der Waals surface area contributed by atoms with E-state index in [0.29, 0.717) is 12.9 Å². The Morgan fingerprint density at radius 1 is 1.21 bits per heavy atom. The Bertz CT molecular complexity index is 416. The maximum Gasteiger partial charge on any atom is 0.419 e. The molecule has 0 spiro atoms. The molecule has 0 atom stereocenters. The van der Waals surface area contributed by atoms with Crippen molar-refractivity contribution >= 4 is 6.29 Å². The lowest BCUT2D eigenvalue weighted by molar-refractivity contribution is -0.139. The monoisotopic (exact) mass is 276 g/mol. The van der Waals surface area contributed by atoms with E-state index in [1.165, 1.54) is 6.07 Å². The van der Waals surface area contributed by atoms with E-state index in [4.69, 9.17) is 9.47 Å². The summed E-state index contributed by atoms with van der Waals surface area (Å²) in [7, 11) is 0. The van der Waals surface area contributed by atoms with E-state index < -0.39 is 11.7 Å². The topological polar surface area (TPSA) is 35.5 Å². The Morgan fingerprint density at radius 2 is 1.95 bits per heavy atom. The van der Waals surface area contributed by atoms with Gasteiger partial charge in [0.25, 0.3) is 0 Å². The lowest BCUT2D eigenvalue weighted by atomic mass is 10.1. The largest absolute Gasteiger partial charge is 0.491 e. The van der Waals surface area contributed by atoms with Crippen LogP contribution in [0, 0.1) is 0 Å². The Kier molecular flexibility index (Phi) is 5.82. The molecule has 0 radical (unpaired) electrons. The first-order valence-electron chi connectivity index (χ1n) is 5.86. The fraction of sp³-hybridized carbons (Fsp3) is 0.462. The van der Waals surface area contributed by atoms with E-state index in [0.717, 1.165) is 18.6 Å². The first-order chi connectivity index (χ1) is 8.99. The highest BCUT2D eigenvalue weighted by Gasteiger charge is 2.34. The number of halogens is 3. The average molecular weight is 276 g/mol. The number of rotatable bonds is 7. The van der Waals surface area contributed by atoms with Gasteiger partial charge in [0.2, 0.25) is 0 Å². The van der Waals surface area contributed by atoms with Crippen LogP contribution in [0.4, 0.5) is 13.2 Å². The van der Waals surface area contributed by atoms with Gasteiger partial charge < -0.3 is 9.47 Å². The predicted molar refractivity (Wildman–Crippen MR) is 63.4 cm³/mol. The summed E-state index contributed by atoms with van der Waals surface area (Å²) >= 11 is 0. The molecule has 0 aliphatic rings. The number of aldehydes is 1. The molecule has 0 aliphatic heterocycles. The van der Waals surface area contributed by atoms with Gasteiger partial charge in [0.05, 0.1) is 12.2 Å². The third-order valence-electron chi connectivity index (χ3n) is 2.28. The maximum atomic E-state index is 12.8. The van der Waals surface area contributed by atoms with E-state index in [2.05, 4.69) is 0 Å². The summed E-state index contributed by atoms with van der Waals surface area (Å²) in [5.41, 5.74) is -0.991. The van der Waals surface area contributed by atoms with Crippen LogP contribution in [-0.4, -0.2) is 26.1 Å². The van der Waals surface area contributed by atoms with Crippen LogP contribution >= 0.6 is 0 Å². The van der Waals surface area contributed by atoms with Crippen LogP contribution < -0.4 is 4.74 Å². The molecule has 3 nitrogen and oxygen atoms in total. The SMILES string of the molecule is CCCOCCOc1ccc(C=O)cc1C(F)(F)F. The van der Waals surface area contributed by atoms with Crippen molar-refractivity contribution in [3.05, 3.63) is 29.3 Å². The fourth-order valence-electron chi connectivity index (χ4n) is 1.43. The van der Waals surface area contributed by atoms with Crippen LogP contribution in [0.3, 0.4) is 0 Å². The third kappa shape index (κ3) is 4.90. The van der Waals surface area contributed by atoms with Crippen molar-refractivity contribution in [1.82, 2.24) is 0 Å². The van der Waals surface area contributed by atoms with Gasteiger partial charge in [-0.1, -0.05) is 6.92 Å². The zero-order valence-electron chi connectivity index (χ0n) is 10.5. The highest BCUT2D eigenvalue weighted by Crippen LogP contribution is 2.36. The first kappa shape index (κ1) is 15.5. The number of alkyl halides is 3. The molecule has 1 aromatic rings. The number of carbonyl (C=O) groups is 1. The van der Waals surface area contributed by atoms with E-state index in [1.807, 2.05) is 6.92 Å². The van der Waals surface area contributed by atoms with Crippen molar-refractivity contribution in [2.75, 3.05) is 19.8 Å². The Balaban J connectivity index is 2.74. The number of carbonyl (C=O) groups excluding carboxylic acids is 1. The molecule has 0 bridgehead atoms. The quantitative estimate of drug-likeness (QED) is 0.566. The highest BCUT2D eigenvalue weighted by atomic mass is 19.4. The fourth-order valence-corrected chi connectivity index (χ4v) is 1.43. The molecule has 6 heteroatoms. The lowest BCUT2D eigenvalue weighted by Crippen LogP contribution is -2.12. The summed E-state index contributed by atoms with van der Waals surface area (Å²) in [5, 5.41) is 0. The normalized spacial score (nSPS) is 11.4. The molecule has 106 valence electrons. The van der Waals surface area contributed by atoms with E-state index >= 15 is 0 Å². The highest BCUT2D eigenvalue weighted by molar-refractivity contribution is 5.75. The molecule has 0 amide bonds. The minimum Gasteiger partial charge on any atom is -0.491 e. The maximum absolute atomic E-state index is 12.8. The predicted octanol–water partition coefficient (Wildman–Crippen LogP) is 3.32. The van der Waals surface area contributed by atoms with Gasteiger partial charge in [-0.2, -0.15) is 13.2 Å². The van der Waals surface area contributed by atoms with Crippen LogP contribution in [0.25, 0.3) is 0 Å². The van der Waals surface area contributed by atoms with Crippen molar-refractivity contribution in [2.45, 2.75) is 19.5 Å². The molecule has 0 aliphatic carbocycles. The third-order valence-corrected chi connectivity index (χ3v) is 2.28. The second kappa shape index (κ2) is 7.13. The molecule has 0 heterocycles. The van der Waals surface area contributed by atoms with Crippen LogP contribution in [0.15, 0.2) is 18.2 Å². The van der Waals surface area contributed by atoms with Gasteiger partial charge in [0, 0.05) is 12.2 Å². The minimum atomic E-state index is -4.56. The molecule has 0 aromatic heterocycles. The van der Waals surface area contributed by atoms with Gasteiger partial charge in [0.15, 0.2) is 0 Å². The molecule has 19 heavy (non-hydrogen) atoms. The number of benzene rings is 1. The van der Waals surface area contributed by atoms with E-state index in [9.17, 15) is 18.0 Å². The van der Waals surface area contributed by atoms with E-state index in [1.54, 1.807) is 0 Å². The van der Waals surface area contributed by atoms with Gasteiger partial charge in [-0.3, -0.25) is 4.79 Å². The molecule has 0 unspecified atom stereocenters. The summed E-state index contributed by atoms with van der Waals surface area (Å²) in [5.74, 6) is -0.293. The minimum absolute atomic E-state index is 0.0313. The smallest absolute Gasteiger partial charge is 0.419 e. The summed E-state index contributed by atoms with van der Waals surface area (Å²) in [6.07, 6.45) is -3.36. The van der Waals surface area contributed by atoms with Gasteiger partial charge in [-0.25, -0.2) is 0 Å². The standard InChI is InChI=1S/C13H15F3O3/c1-2-5-18-6-7-19-12-4-3-10(9-17)8-11(12)13(14,15)16/h3-4,8-9H,2,5-7H2,1H3. The van der Waals surface area contributed by atoms with Crippen molar-refractivity contribution in [2.24, 2.45) is 0 Å². The summed E-state index contributed by atoms with van der Waals surface area (Å²) in [4.78, 5) is 10.5. The van der Waals surface area contributed by atoms with Crippen LogP contribution in [0.5, 0.6) is 5.75 Å². The average Bonchev–Trinajstić information content (AvgIpc) is 2.37. The number of hydrogen-bond donors (Lipinski definition) is 0. The molecule has 1 rings (SSSR count). The Hall–Kier alpha value is -1.56. The summed E-state index contributed by atoms with van der Waals surface area (Å²) < 4.78 is 48.5. The second-order valence-corrected chi connectivity index (χ2v) is 3.83. The van der Waals surface area contributed by atoms with Crippen molar-refractivity contribution < 1.29 is 27.4 Å². The van der Waals surface area contributed by atoms with Crippen molar-refractivity contribution in [1.29, 1.82) is 0 Å². The van der Waals surface area contributed by atoms with Gasteiger partial charge in [-0.15, -0.1) is 0 Å². The number of ether oxygens (including phenoxy) is 2. The van der Waals surface area contributed by atoms with Crippen molar-refractivity contribution in [3.8, 4) is 5.75 Å². The molecular weight excluding hydrogens is 261 g/mol. The van der Waals surface area contributed by atoms with Crippen molar-refractivity contribution in [3.63, 3.8) is 0 Å². The summed E-state index contributed by atoms with van der Waals surface area (Å²) in [6.45, 7) is 2.73. The second-order valence-electron chi connectivity index (χ2n) is 3.83. The Labute approximate surface area is 109 Å². The number of hydrogen-bond acceptors (Lipinski definition) is 3. The first-order valence-corrected chi connectivity index (χ1v) is 5.86. The lowest BCUT2D eigenvalue weighted by Gasteiger charge is -2.14. The summed E-state index contributed by atoms with van der Waals surface area (Å²) in [6, 6.07) is 3.20.